The third-order valence-corrected chi connectivity index (χ3v) is 3.52. The zero-order valence-corrected chi connectivity index (χ0v) is 10.5. The Bertz CT molecular complexity index is 263. The molecule has 0 saturated carbocycles. The van der Waals surface area contributed by atoms with Gasteiger partial charge in [0, 0.05) is 0 Å². The highest BCUT2D eigenvalue weighted by atomic mass is 16.3. The molecule has 0 heterocycles. The molecule has 0 saturated heterocycles. The fraction of sp³-hybridized carbons (Fsp3) is 0.714. The van der Waals surface area contributed by atoms with Crippen molar-refractivity contribution >= 4 is 0 Å². The molecule has 1 aliphatic carbocycles. The van der Waals surface area contributed by atoms with Crippen LogP contribution in [-0.4, -0.2) is 11.2 Å². The number of rotatable bonds is 3. The van der Waals surface area contributed by atoms with E-state index < -0.39 is 0 Å². The van der Waals surface area contributed by atoms with Crippen LogP contribution >= 0.6 is 0 Å². The van der Waals surface area contributed by atoms with Crippen molar-refractivity contribution < 1.29 is 5.11 Å². The van der Waals surface area contributed by atoms with Crippen LogP contribution in [0.1, 0.15) is 47.0 Å². The number of hydrogen-bond donors (Lipinski definition) is 1. The maximum Gasteiger partial charge on any atom is 0.0744 e. The predicted octanol–water partition coefficient (Wildman–Crippen LogP) is 3.70. The first-order chi connectivity index (χ1) is 7.04. The van der Waals surface area contributed by atoms with Gasteiger partial charge in [-0.3, -0.25) is 0 Å². The van der Waals surface area contributed by atoms with Crippen LogP contribution in [0.2, 0.25) is 0 Å². The lowest BCUT2D eigenvalue weighted by Gasteiger charge is -2.26. The lowest BCUT2D eigenvalue weighted by atomic mass is 9.80. The van der Waals surface area contributed by atoms with E-state index in [1.807, 2.05) is 6.92 Å². The van der Waals surface area contributed by atoms with E-state index in [0.717, 1.165) is 18.4 Å². The van der Waals surface area contributed by atoms with Crippen molar-refractivity contribution in [3.8, 4) is 0 Å². The van der Waals surface area contributed by atoms with Gasteiger partial charge in [-0.15, -0.1) is 0 Å². The lowest BCUT2D eigenvalue weighted by Crippen LogP contribution is -2.16. The molecule has 3 atom stereocenters. The van der Waals surface area contributed by atoms with E-state index in [-0.39, 0.29) is 6.10 Å². The van der Waals surface area contributed by atoms with Crippen LogP contribution in [0, 0.1) is 11.8 Å². The maximum atomic E-state index is 9.73. The van der Waals surface area contributed by atoms with E-state index in [1.54, 1.807) is 0 Å². The highest BCUT2D eigenvalue weighted by Gasteiger charge is 2.19. The standard InChI is InChI=1S/C14H24O/c1-5-14(15)12(4)9-13-8-10(2)6-7-11(13)3/h6,9,11,13-15H,5,7-8H2,1-4H3/b12-9+/t11-,13-,14?/m1/s1. The van der Waals surface area contributed by atoms with E-state index in [4.69, 9.17) is 0 Å². The average Bonchev–Trinajstić information content (AvgIpc) is 2.22. The van der Waals surface area contributed by atoms with E-state index >= 15 is 0 Å². The summed E-state index contributed by atoms with van der Waals surface area (Å²) in [6, 6.07) is 0. The molecule has 0 spiro atoms. The van der Waals surface area contributed by atoms with Gasteiger partial charge in [0.2, 0.25) is 0 Å². The highest BCUT2D eigenvalue weighted by Crippen LogP contribution is 2.31. The topological polar surface area (TPSA) is 20.2 Å². The first-order valence-electron chi connectivity index (χ1n) is 6.06. The second-order valence-electron chi connectivity index (χ2n) is 4.97. The largest absolute Gasteiger partial charge is 0.389 e. The van der Waals surface area contributed by atoms with Gasteiger partial charge in [-0.2, -0.15) is 0 Å². The Kier molecular flexibility index (Phi) is 4.59. The molecule has 15 heavy (non-hydrogen) atoms. The third kappa shape index (κ3) is 3.49. The first-order valence-corrected chi connectivity index (χ1v) is 6.06. The van der Waals surface area contributed by atoms with Crippen LogP contribution in [-0.2, 0) is 0 Å². The van der Waals surface area contributed by atoms with Gasteiger partial charge in [-0.1, -0.05) is 31.6 Å². The molecule has 0 fully saturated rings. The number of hydrogen-bond acceptors (Lipinski definition) is 1. The Labute approximate surface area is 93.9 Å². The molecule has 0 radical (unpaired) electrons. The molecule has 0 aromatic heterocycles. The fourth-order valence-electron chi connectivity index (χ4n) is 2.21. The summed E-state index contributed by atoms with van der Waals surface area (Å²) in [6.45, 7) is 8.58. The molecular weight excluding hydrogens is 184 g/mol. The maximum absolute atomic E-state index is 9.73. The summed E-state index contributed by atoms with van der Waals surface area (Å²) in [6.07, 6.45) is 7.55. The van der Waals surface area contributed by atoms with Gasteiger partial charge in [-0.25, -0.2) is 0 Å². The van der Waals surface area contributed by atoms with E-state index in [9.17, 15) is 5.11 Å². The van der Waals surface area contributed by atoms with Gasteiger partial charge in [0.1, 0.15) is 0 Å². The molecule has 1 unspecified atom stereocenters. The monoisotopic (exact) mass is 208 g/mol. The van der Waals surface area contributed by atoms with Crippen LogP contribution in [0.5, 0.6) is 0 Å². The SMILES string of the molecule is CCC(O)/C(C)=C/[C@H]1CC(C)=CC[C@H]1C. The second kappa shape index (κ2) is 5.50. The van der Waals surface area contributed by atoms with Gasteiger partial charge in [-0.05, 0) is 50.5 Å². The third-order valence-electron chi connectivity index (χ3n) is 3.52. The zero-order chi connectivity index (χ0) is 11.4. The Balaban J connectivity index is 2.68. The molecule has 0 aromatic rings. The molecule has 0 amide bonds. The minimum atomic E-state index is -0.247. The molecule has 0 aromatic carbocycles. The molecule has 0 aliphatic heterocycles. The van der Waals surface area contributed by atoms with Crippen molar-refractivity contribution in [3.63, 3.8) is 0 Å². The Hall–Kier alpha value is -0.560. The Morgan fingerprint density at radius 1 is 1.67 bits per heavy atom. The average molecular weight is 208 g/mol. The summed E-state index contributed by atoms with van der Waals surface area (Å²) in [5, 5.41) is 9.73. The molecule has 86 valence electrons. The quantitative estimate of drug-likeness (QED) is 0.701. The summed E-state index contributed by atoms with van der Waals surface area (Å²) in [7, 11) is 0. The van der Waals surface area contributed by atoms with E-state index in [2.05, 4.69) is 32.9 Å². The normalized spacial score (nSPS) is 29.9. The first kappa shape index (κ1) is 12.5. The number of aliphatic hydroxyl groups is 1. The highest BCUT2D eigenvalue weighted by molar-refractivity contribution is 5.14. The number of aliphatic hydroxyl groups excluding tert-OH is 1. The van der Waals surface area contributed by atoms with Crippen LogP contribution in [0.25, 0.3) is 0 Å². The molecule has 0 bridgehead atoms. The predicted molar refractivity (Wildman–Crippen MR) is 65.7 cm³/mol. The summed E-state index contributed by atoms with van der Waals surface area (Å²) in [5.74, 6) is 1.34. The summed E-state index contributed by atoms with van der Waals surface area (Å²) < 4.78 is 0. The molecule has 1 N–H and O–H groups in total. The molecular formula is C14H24O. The van der Waals surface area contributed by atoms with Crippen molar-refractivity contribution in [1.82, 2.24) is 0 Å². The summed E-state index contributed by atoms with van der Waals surface area (Å²) in [5.41, 5.74) is 2.64. The smallest absolute Gasteiger partial charge is 0.0744 e. The summed E-state index contributed by atoms with van der Waals surface area (Å²) >= 11 is 0. The molecule has 1 rings (SSSR count). The van der Waals surface area contributed by atoms with Crippen LogP contribution < -0.4 is 0 Å². The fourth-order valence-corrected chi connectivity index (χ4v) is 2.21. The zero-order valence-electron chi connectivity index (χ0n) is 10.5. The molecule has 1 heteroatoms. The molecule has 1 aliphatic rings. The van der Waals surface area contributed by atoms with Crippen molar-refractivity contribution in [2.24, 2.45) is 11.8 Å². The lowest BCUT2D eigenvalue weighted by molar-refractivity contribution is 0.204. The van der Waals surface area contributed by atoms with Gasteiger partial charge in [0.05, 0.1) is 6.10 Å². The van der Waals surface area contributed by atoms with Crippen molar-refractivity contribution in [2.75, 3.05) is 0 Å². The Morgan fingerprint density at radius 2 is 2.33 bits per heavy atom. The van der Waals surface area contributed by atoms with E-state index in [1.165, 1.54) is 12.0 Å². The van der Waals surface area contributed by atoms with Crippen LogP contribution in [0.3, 0.4) is 0 Å². The van der Waals surface area contributed by atoms with Crippen molar-refractivity contribution in [2.45, 2.75) is 53.1 Å². The van der Waals surface area contributed by atoms with E-state index in [0.29, 0.717) is 11.8 Å². The van der Waals surface area contributed by atoms with Gasteiger partial charge in [0.15, 0.2) is 0 Å². The minimum Gasteiger partial charge on any atom is -0.389 e. The van der Waals surface area contributed by atoms with Crippen molar-refractivity contribution in [1.29, 1.82) is 0 Å². The Morgan fingerprint density at radius 3 is 2.93 bits per heavy atom. The second-order valence-corrected chi connectivity index (χ2v) is 4.97. The molecule has 1 nitrogen and oxygen atoms in total. The van der Waals surface area contributed by atoms with Gasteiger partial charge >= 0.3 is 0 Å². The minimum absolute atomic E-state index is 0.247. The van der Waals surface area contributed by atoms with Gasteiger partial charge in [0.25, 0.3) is 0 Å². The number of allylic oxidation sites excluding steroid dienone is 3. The summed E-state index contributed by atoms with van der Waals surface area (Å²) in [4.78, 5) is 0. The van der Waals surface area contributed by atoms with Crippen molar-refractivity contribution in [3.05, 3.63) is 23.3 Å². The van der Waals surface area contributed by atoms with Gasteiger partial charge < -0.3 is 5.11 Å². The van der Waals surface area contributed by atoms with Crippen LogP contribution in [0.4, 0.5) is 0 Å². The van der Waals surface area contributed by atoms with Crippen LogP contribution in [0.15, 0.2) is 23.3 Å².